The van der Waals surface area contributed by atoms with Crippen LogP contribution in [0.2, 0.25) is 0 Å². The molecule has 0 aromatic heterocycles. The van der Waals surface area contributed by atoms with E-state index < -0.39 is 20.8 Å². The van der Waals surface area contributed by atoms with Crippen molar-refractivity contribution in [3.8, 4) is 0 Å². The molecule has 1 aromatic rings. The van der Waals surface area contributed by atoms with E-state index in [-0.39, 0.29) is 5.84 Å². The minimum absolute atomic E-state index is 0.209. The summed E-state index contributed by atoms with van der Waals surface area (Å²) in [6, 6.07) is 7.80. The molecule has 0 fully saturated rings. The summed E-state index contributed by atoms with van der Waals surface area (Å²) in [4.78, 5) is 0. The molecule has 19 heavy (non-hydrogen) atoms. The number of hydrogen-bond donors (Lipinski definition) is 3. The molecule has 0 spiro atoms. The lowest BCUT2D eigenvalue weighted by Gasteiger charge is -2.24. The third-order valence-corrected chi connectivity index (χ3v) is 4.78. The predicted octanol–water partition coefficient (Wildman–Crippen LogP) is 1.19. The molecular weight excluding hydrogens is 266 g/mol. The minimum Gasteiger partial charge on any atom is -0.409 e. The highest BCUT2D eigenvalue weighted by molar-refractivity contribution is 7.90. The number of nitrogens with zero attached hydrogens (tertiary/aromatic N) is 1. The maximum Gasteiger partial charge on any atom is 0.217 e. The maximum absolute atomic E-state index is 12.2. The molecule has 7 heteroatoms. The third kappa shape index (κ3) is 3.68. The van der Waals surface area contributed by atoms with Gasteiger partial charge >= 0.3 is 0 Å². The number of rotatable bonds is 4. The Balaban J connectivity index is 3.16. The quantitative estimate of drug-likeness (QED) is 0.334. The molecule has 1 unspecified atom stereocenters. The van der Waals surface area contributed by atoms with E-state index >= 15 is 0 Å². The van der Waals surface area contributed by atoms with Crippen LogP contribution < -0.4 is 10.5 Å². The molecule has 0 aliphatic heterocycles. The smallest absolute Gasteiger partial charge is 0.217 e. The molecule has 6 nitrogen and oxygen atoms in total. The fourth-order valence-corrected chi connectivity index (χ4v) is 2.26. The highest BCUT2D eigenvalue weighted by Gasteiger charge is 2.33. The van der Waals surface area contributed by atoms with Crippen LogP contribution in [0.25, 0.3) is 0 Å². The van der Waals surface area contributed by atoms with Gasteiger partial charge in [-0.15, -0.1) is 0 Å². The zero-order valence-corrected chi connectivity index (χ0v) is 12.0. The van der Waals surface area contributed by atoms with Crippen molar-refractivity contribution >= 4 is 15.9 Å². The molecule has 0 radical (unpaired) electrons. The Morgan fingerprint density at radius 2 is 1.84 bits per heavy atom. The van der Waals surface area contributed by atoms with Gasteiger partial charge in [-0.1, -0.05) is 35.5 Å². The summed E-state index contributed by atoms with van der Waals surface area (Å²) in [6.07, 6.45) is 0. The summed E-state index contributed by atoms with van der Waals surface area (Å²) >= 11 is 0. The van der Waals surface area contributed by atoms with Crippen molar-refractivity contribution in [1.29, 1.82) is 0 Å². The van der Waals surface area contributed by atoms with Crippen molar-refractivity contribution in [2.75, 3.05) is 0 Å². The Hall–Kier alpha value is -1.60. The third-order valence-electron chi connectivity index (χ3n) is 2.62. The first kappa shape index (κ1) is 15.5. The molecule has 1 aromatic carbocycles. The molecule has 0 heterocycles. The van der Waals surface area contributed by atoms with Crippen molar-refractivity contribution in [1.82, 2.24) is 4.72 Å². The van der Waals surface area contributed by atoms with Gasteiger partial charge in [-0.2, -0.15) is 4.72 Å². The Bertz CT molecular complexity index is 547. The lowest BCUT2D eigenvalue weighted by Crippen LogP contribution is -2.45. The first-order valence-electron chi connectivity index (χ1n) is 5.73. The van der Waals surface area contributed by atoms with Crippen LogP contribution in [0.4, 0.5) is 0 Å². The maximum atomic E-state index is 12.2. The number of benzene rings is 1. The van der Waals surface area contributed by atoms with E-state index in [9.17, 15) is 8.42 Å². The van der Waals surface area contributed by atoms with Crippen LogP contribution in [0.5, 0.6) is 0 Å². The van der Waals surface area contributed by atoms with Crippen LogP contribution in [-0.4, -0.2) is 24.2 Å². The van der Waals surface area contributed by atoms with Crippen LogP contribution in [-0.2, 0) is 10.0 Å². The average molecular weight is 285 g/mol. The Kier molecular flexibility index (Phi) is 4.54. The van der Waals surface area contributed by atoms with Crippen molar-refractivity contribution in [3.63, 3.8) is 0 Å². The van der Waals surface area contributed by atoms with Crippen LogP contribution in [0.15, 0.2) is 35.5 Å². The zero-order valence-electron chi connectivity index (χ0n) is 11.2. The van der Waals surface area contributed by atoms with Gasteiger partial charge in [-0.05, 0) is 26.3 Å². The number of oxime groups is 1. The van der Waals surface area contributed by atoms with Gasteiger partial charge in [-0.3, -0.25) is 0 Å². The van der Waals surface area contributed by atoms with Gasteiger partial charge in [0, 0.05) is 0 Å². The summed E-state index contributed by atoms with van der Waals surface area (Å²) in [5.74, 6) is -0.209. The van der Waals surface area contributed by atoms with Crippen LogP contribution >= 0.6 is 0 Å². The second kappa shape index (κ2) is 5.58. The van der Waals surface area contributed by atoms with Crippen molar-refractivity contribution in [2.24, 2.45) is 10.9 Å². The number of hydrogen-bond acceptors (Lipinski definition) is 4. The van der Waals surface area contributed by atoms with E-state index in [1.54, 1.807) is 51.1 Å². The predicted molar refractivity (Wildman–Crippen MR) is 74.4 cm³/mol. The average Bonchev–Trinajstić information content (AvgIpc) is 2.35. The van der Waals surface area contributed by atoms with Gasteiger partial charge in [0.05, 0.1) is 4.75 Å². The van der Waals surface area contributed by atoms with Crippen molar-refractivity contribution in [3.05, 3.63) is 35.9 Å². The highest BCUT2D eigenvalue weighted by atomic mass is 32.2. The minimum atomic E-state index is -3.62. The summed E-state index contributed by atoms with van der Waals surface area (Å²) in [5.41, 5.74) is 6.18. The Morgan fingerprint density at radius 1 is 1.32 bits per heavy atom. The lowest BCUT2D eigenvalue weighted by atomic mass is 10.1. The van der Waals surface area contributed by atoms with Gasteiger partial charge in [0.15, 0.2) is 5.84 Å². The highest BCUT2D eigenvalue weighted by Crippen LogP contribution is 2.20. The standard InChI is InChI=1S/C12H19N3O3S/c1-12(2,3)19(17,18)15-10(11(13)14-16)9-7-5-4-6-8-9/h4-8,10,15-16H,1-3H3,(H2,13,14). The fraction of sp³-hybridized carbons (Fsp3) is 0.417. The normalized spacial score (nSPS) is 15.2. The van der Waals surface area contributed by atoms with E-state index in [1.807, 2.05) is 0 Å². The van der Waals surface area contributed by atoms with Gasteiger partial charge < -0.3 is 10.9 Å². The molecule has 1 rings (SSSR count). The van der Waals surface area contributed by atoms with Crippen molar-refractivity contribution < 1.29 is 13.6 Å². The number of amidine groups is 1. The van der Waals surface area contributed by atoms with E-state index in [4.69, 9.17) is 10.9 Å². The first-order valence-corrected chi connectivity index (χ1v) is 7.21. The monoisotopic (exact) mass is 285 g/mol. The summed E-state index contributed by atoms with van der Waals surface area (Å²) < 4.78 is 25.8. The Morgan fingerprint density at radius 3 is 2.26 bits per heavy atom. The number of sulfonamides is 1. The van der Waals surface area contributed by atoms with Crippen molar-refractivity contribution in [2.45, 2.75) is 31.6 Å². The topological polar surface area (TPSA) is 105 Å². The summed E-state index contributed by atoms with van der Waals surface area (Å²) in [6.45, 7) is 4.72. The molecule has 0 aliphatic rings. The van der Waals surface area contributed by atoms with Crippen LogP contribution in [0.3, 0.4) is 0 Å². The molecule has 1 atom stereocenters. The molecule has 0 bridgehead atoms. The zero-order chi connectivity index (χ0) is 14.7. The summed E-state index contributed by atoms with van der Waals surface area (Å²) in [5, 5.41) is 11.7. The van der Waals surface area contributed by atoms with E-state index in [0.29, 0.717) is 5.56 Å². The fourth-order valence-electron chi connectivity index (χ4n) is 1.33. The second-order valence-electron chi connectivity index (χ2n) is 5.10. The second-order valence-corrected chi connectivity index (χ2v) is 7.57. The van der Waals surface area contributed by atoms with E-state index in [2.05, 4.69) is 9.88 Å². The van der Waals surface area contributed by atoms with Crippen LogP contribution in [0.1, 0.15) is 32.4 Å². The molecule has 0 saturated heterocycles. The number of nitrogens with one attached hydrogen (secondary N) is 1. The lowest BCUT2D eigenvalue weighted by molar-refractivity contribution is 0.315. The largest absolute Gasteiger partial charge is 0.409 e. The van der Waals surface area contributed by atoms with Gasteiger partial charge in [-0.25, -0.2) is 8.42 Å². The molecule has 0 saturated carbocycles. The number of nitrogens with two attached hydrogens (primary N) is 1. The molecule has 0 aliphatic carbocycles. The van der Waals surface area contributed by atoms with E-state index in [0.717, 1.165) is 0 Å². The van der Waals surface area contributed by atoms with E-state index in [1.165, 1.54) is 0 Å². The van der Waals surface area contributed by atoms with Gasteiger partial charge in [0.25, 0.3) is 0 Å². The first-order chi connectivity index (χ1) is 8.69. The molecule has 0 amide bonds. The van der Waals surface area contributed by atoms with Gasteiger partial charge in [0.2, 0.25) is 10.0 Å². The Labute approximate surface area is 113 Å². The van der Waals surface area contributed by atoms with Crippen LogP contribution in [0, 0.1) is 0 Å². The van der Waals surface area contributed by atoms with Gasteiger partial charge in [0.1, 0.15) is 6.04 Å². The SMILES string of the molecule is CC(C)(C)S(=O)(=O)NC(C(N)=NO)c1ccccc1. The molecular formula is C12H19N3O3S. The molecule has 106 valence electrons. The summed E-state index contributed by atoms with van der Waals surface area (Å²) in [7, 11) is -3.62. The molecule has 4 N–H and O–H groups in total.